The highest BCUT2D eigenvalue weighted by Crippen LogP contribution is 2.33. The van der Waals surface area contributed by atoms with Crippen molar-refractivity contribution in [1.29, 1.82) is 0 Å². The number of nitrogens with zero attached hydrogens (tertiary/aromatic N) is 3. The van der Waals surface area contributed by atoms with Crippen LogP contribution >= 0.6 is 0 Å². The maximum absolute atomic E-state index is 14.0. The first-order valence-corrected chi connectivity index (χ1v) is 8.98. The molecule has 28 heavy (non-hydrogen) atoms. The summed E-state index contributed by atoms with van der Waals surface area (Å²) < 4.78 is 36.8. The minimum absolute atomic E-state index is 0.277. The fourth-order valence-corrected chi connectivity index (χ4v) is 3.10. The van der Waals surface area contributed by atoms with Gasteiger partial charge in [-0.3, -0.25) is 13.9 Å². The van der Waals surface area contributed by atoms with Crippen LogP contribution in [0.15, 0.2) is 48.8 Å². The number of aryl methyl sites for hydroxylation is 2. The first-order valence-electron chi connectivity index (χ1n) is 8.98. The zero-order valence-electron chi connectivity index (χ0n) is 15.8. The third-order valence-electron chi connectivity index (χ3n) is 4.59. The third kappa shape index (κ3) is 4.66. The average Bonchev–Trinajstić information content (AvgIpc) is 3.00. The van der Waals surface area contributed by atoms with Crippen LogP contribution in [0, 0.1) is 0 Å². The van der Waals surface area contributed by atoms with Gasteiger partial charge in [-0.2, -0.15) is 16.1 Å². The van der Waals surface area contributed by atoms with E-state index in [9.17, 15) is 13.6 Å². The lowest BCUT2D eigenvalue weighted by molar-refractivity contribution is -0.653. The number of halogens is 2. The second-order valence-electron chi connectivity index (χ2n) is 6.51. The van der Waals surface area contributed by atoms with Crippen LogP contribution in [0.4, 0.5) is 8.78 Å². The van der Waals surface area contributed by atoms with Gasteiger partial charge in [-0.05, 0) is 11.1 Å². The molecule has 0 bridgehead atoms. The largest absolute Gasteiger partial charge is 0.379 e. The van der Waals surface area contributed by atoms with E-state index in [1.807, 2.05) is 0 Å². The van der Waals surface area contributed by atoms with Crippen LogP contribution in [0.3, 0.4) is 0 Å². The maximum Gasteiger partial charge on any atom is 0.292 e. The van der Waals surface area contributed by atoms with E-state index in [1.165, 1.54) is 12.3 Å². The molecule has 3 rings (SSSR count). The third-order valence-corrected chi connectivity index (χ3v) is 4.59. The second-order valence-corrected chi connectivity index (χ2v) is 6.51. The normalized spacial score (nSPS) is 15.9. The summed E-state index contributed by atoms with van der Waals surface area (Å²) in [5.74, 6) is -2.02. The predicted octanol–water partition coefficient (Wildman–Crippen LogP) is 1.07. The van der Waals surface area contributed by atoms with Crippen molar-refractivity contribution < 1.29 is 27.7 Å². The molecule has 0 aliphatic carbocycles. The van der Waals surface area contributed by atoms with E-state index in [0.717, 1.165) is 0 Å². The Morgan fingerprint density at radius 2 is 1.93 bits per heavy atom. The lowest BCUT2D eigenvalue weighted by Crippen LogP contribution is -2.52. The van der Waals surface area contributed by atoms with E-state index < -0.39 is 17.9 Å². The van der Waals surface area contributed by atoms with Crippen LogP contribution in [0.25, 0.3) is 5.57 Å². The van der Waals surface area contributed by atoms with Crippen molar-refractivity contribution in [2.75, 3.05) is 26.3 Å². The summed E-state index contributed by atoms with van der Waals surface area (Å²) in [4.78, 5) is 18.4. The molecule has 1 saturated heterocycles. The average molecular weight is 389 g/mol. The lowest BCUT2D eigenvalue weighted by atomic mass is 9.59. The molecular weight excluding hydrogens is 367 g/mol. The molecule has 1 aliphatic rings. The van der Waals surface area contributed by atoms with Crippen molar-refractivity contribution in [3.8, 4) is 0 Å². The number of aromatic nitrogens is 2. The fourth-order valence-electron chi connectivity index (χ4n) is 3.10. The Balaban J connectivity index is 1.95. The Bertz CT molecular complexity index is 828. The zero-order chi connectivity index (χ0) is 20.1. The van der Waals surface area contributed by atoms with Crippen LogP contribution in [0.2, 0.25) is 5.82 Å². The molecule has 0 saturated carbocycles. The van der Waals surface area contributed by atoms with E-state index in [1.54, 1.807) is 66.0 Å². The number of rotatable bonds is 6. The molecule has 0 amide bonds. The molecule has 2 heterocycles. The molecule has 2 radical (unpaired) electrons. The van der Waals surface area contributed by atoms with E-state index >= 15 is 0 Å². The highest BCUT2D eigenvalue weighted by Gasteiger charge is 2.26. The van der Waals surface area contributed by atoms with Gasteiger partial charge in [0.25, 0.3) is 12.0 Å². The monoisotopic (exact) mass is 389 g/mol. The highest BCUT2D eigenvalue weighted by molar-refractivity contribution is 6.59. The van der Waals surface area contributed by atoms with E-state index in [4.69, 9.17) is 9.57 Å². The first-order chi connectivity index (χ1) is 13.5. The van der Waals surface area contributed by atoms with Gasteiger partial charge in [0.2, 0.25) is 0 Å². The summed E-state index contributed by atoms with van der Waals surface area (Å²) in [6.07, 6.45) is 1.66. The predicted molar refractivity (Wildman–Crippen MR) is 99.8 cm³/mol. The van der Waals surface area contributed by atoms with Gasteiger partial charge in [-0.15, -0.1) is 5.06 Å². The van der Waals surface area contributed by atoms with Crippen molar-refractivity contribution in [3.63, 3.8) is 0 Å². The van der Waals surface area contributed by atoms with Crippen molar-refractivity contribution in [1.82, 2.24) is 9.63 Å². The molecule has 1 unspecified atom stereocenters. The molecule has 1 atom stereocenters. The molecule has 1 aromatic carbocycles. The number of hydrogen-bond acceptors (Lipinski definition) is 4. The standard InChI is InChI=1S/C19H22BF2N3O3/c1-23-8-9-24(2)19(23)20-16(18(26)28-25-10-12-27-13-11-25)15(17(21)22)14-6-4-3-5-7-14/h3-9,16H,10-13H2,1-2H3. The Hall–Kier alpha value is -2.52. The SMILES string of the molecule is Cn1cc[n+](C)c1[B-]C(C(=O)ON1CCOCC1)C(=C(F)F)c1ccccc1. The van der Waals surface area contributed by atoms with Crippen molar-refractivity contribution in [3.05, 3.63) is 54.4 Å². The first kappa shape index (κ1) is 20.2. The van der Waals surface area contributed by atoms with E-state index in [2.05, 4.69) is 0 Å². The van der Waals surface area contributed by atoms with Gasteiger partial charge in [0.15, 0.2) is 0 Å². The van der Waals surface area contributed by atoms with Crippen molar-refractivity contribution in [2.24, 2.45) is 14.1 Å². The molecule has 9 heteroatoms. The smallest absolute Gasteiger partial charge is 0.292 e. The van der Waals surface area contributed by atoms with Crippen molar-refractivity contribution >= 4 is 24.5 Å². The Labute approximate surface area is 163 Å². The van der Waals surface area contributed by atoms with Gasteiger partial charge in [-0.1, -0.05) is 36.1 Å². The highest BCUT2D eigenvalue weighted by atomic mass is 19.3. The van der Waals surface area contributed by atoms with Crippen LogP contribution in [-0.2, 0) is 28.5 Å². The van der Waals surface area contributed by atoms with E-state index in [0.29, 0.717) is 32.0 Å². The quantitative estimate of drug-likeness (QED) is 0.548. The van der Waals surface area contributed by atoms with Gasteiger partial charge < -0.3 is 9.57 Å². The lowest BCUT2D eigenvalue weighted by Gasteiger charge is -2.31. The molecule has 1 aliphatic heterocycles. The summed E-state index contributed by atoms with van der Waals surface area (Å²) in [6.45, 7) is 1.65. The Morgan fingerprint density at radius 3 is 2.50 bits per heavy atom. The summed E-state index contributed by atoms with van der Waals surface area (Å²) in [5.41, 5.74) is 0.526. The molecule has 0 N–H and O–H groups in total. The van der Waals surface area contributed by atoms with Gasteiger partial charge >= 0.3 is 0 Å². The number of hydroxylamine groups is 2. The number of benzene rings is 1. The molecule has 0 spiro atoms. The number of carbonyl (C=O) groups excluding carboxylic acids is 1. The summed E-state index contributed by atoms with van der Waals surface area (Å²) in [6, 6.07) is 8.17. The molecule has 148 valence electrons. The summed E-state index contributed by atoms with van der Waals surface area (Å²) in [7, 11) is 5.08. The van der Waals surface area contributed by atoms with Crippen LogP contribution < -0.4 is 10.3 Å². The zero-order valence-corrected chi connectivity index (χ0v) is 15.8. The van der Waals surface area contributed by atoms with Gasteiger partial charge in [-0.25, -0.2) is 0 Å². The molecule has 1 fully saturated rings. The Morgan fingerprint density at radius 1 is 1.25 bits per heavy atom. The number of imidazole rings is 1. The second kappa shape index (κ2) is 9.12. The van der Waals surface area contributed by atoms with Crippen LogP contribution in [0.1, 0.15) is 5.56 Å². The summed E-state index contributed by atoms with van der Waals surface area (Å²) >= 11 is 0. The number of ether oxygens (including phenoxy) is 1. The topological polar surface area (TPSA) is 47.6 Å². The minimum Gasteiger partial charge on any atom is -0.379 e. The van der Waals surface area contributed by atoms with Crippen LogP contribution in [0.5, 0.6) is 0 Å². The van der Waals surface area contributed by atoms with E-state index in [-0.39, 0.29) is 11.1 Å². The number of hydrogen-bond donors (Lipinski definition) is 0. The van der Waals surface area contributed by atoms with Gasteiger partial charge in [0, 0.05) is 5.72 Å². The number of morpholine rings is 1. The molecule has 2 aromatic rings. The van der Waals surface area contributed by atoms with Crippen molar-refractivity contribution in [2.45, 2.75) is 5.82 Å². The maximum atomic E-state index is 14.0. The molecule has 1 aromatic heterocycles. The Kier molecular flexibility index (Phi) is 6.59. The summed E-state index contributed by atoms with van der Waals surface area (Å²) in [5, 5.41) is 1.45. The molecular formula is C19H22BF2N3O3. The minimum atomic E-state index is -1.91. The van der Waals surface area contributed by atoms with Crippen LogP contribution in [-0.4, -0.2) is 49.2 Å². The van der Waals surface area contributed by atoms with Gasteiger partial charge in [0.05, 0.1) is 40.4 Å². The van der Waals surface area contributed by atoms with Gasteiger partial charge in [0.1, 0.15) is 12.4 Å². The fraction of sp³-hybridized carbons (Fsp3) is 0.368. The molecule has 6 nitrogen and oxygen atoms in total. The number of carbonyl (C=O) groups is 1.